The molecule has 6 nitrogen and oxygen atoms in total. The van der Waals surface area contributed by atoms with Gasteiger partial charge in [-0.15, -0.1) is 0 Å². The molecule has 8 heteroatoms. The molecule has 1 aromatic carbocycles. The van der Waals surface area contributed by atoms with E-state index in [0.29, 0.717) is 11.4 Å². The highest BCUT2D eigenvalue weighted by molar-refractivity contribution is 6.33. The fourth-order valence-corrected chi connectivity index (χ4v) is 2.27. The van der Waals surface area contributed by atoms with Crippen molar-refractivity contribution in [2.24, 2.45) is 0 Å². The summed E-state index contributed by atoms with van der Waals surface area (Å²) in [4.78, 5) is 25.1. The smallest absolute Gasteiger partial charge is 0.256 e. The van der Waals surface area contributed by atoms with Crippen molar-refractivity contribution < 1.29 is 14.0 Å². The first-order chi connectivity index (χ1) is 10.8. The van der Waals surface area contributed by atoms with Crippen molar-refractivity contribution in [1.82, 2.24) is 20.0 Å². The summed E-state index contributed by atoms with van der Waals surface area (Å²) in [6, 6.07) is 5.56. The van der Waals surface area contributed by atoms with Crippen LogP contribution in [0.25, 0.3) is 5.69 Å². The number of aromatic nitrogens is 2. The summed E-state index contributed by atoms with van der Waals surface area (Å²) in [5.41, 5.74) is 1.12. The molecule has 1 N–H and O–H groups in total. The number of halogens is 2. The van der Waals surface area contributed by atoms with Gasteiger partial charge in [0.05, 0.1) is 23.5 Å². The third-order valence-corrected chi connectivity index (χ3v) is 3.55. The average molecular weight is 339 g/mol. The van der Waals surface area contributed by atoms with E-state index >= 15 is 0 Å². The van der Waals surface area contributed by atoms with Gasteiger partial charge in [0, 0.05) is 14.1 Å². The average Bonchev–Trinajstić information content (AvgIpc) is 2.80. The molecule has 0 aliphatic rings. The molecule has 2 amide bonds. The first-order valence-electron chi connectivity index (χ1n) is 6.80. The second kappa shape index (κ2) is 6.78. The lowest BCUT2D eigenvalue weighted by Gasteiger charge is -2.10. The molecule has 1 aromatic heterocycles. The molecule has 23 heavy (non-hydrogen) atoms. The predicted octanol–water partition coefficient (Wildman–Crippen LogP) is 1.79. The Morgan fingerprint density at radius 2 is 1.91 bits per heavy atom. The number of benzene rings is 1. The summed E-state index contributed by atoms with van der Waals surface area (Å²) in [5, 5.41) is 6.81. The van der Waals surface area contributed by atoms with Crippen LogP contribution in [0.15, 0.2) is 24.3 Å². The zero-order valence-electron chi connectivity index (χ0n) is 12.9. The van der Waals surface area contributed by atoms with E-state index in [2.05, 4.69) is 10.4 Å². The lowest BCUT2D eigenvalue weighted by molar-refractivity contribution is -0.127. The van der Waals surface area contributed by atoms with Crippen molar-refractivity contribution in [3.8, 4) is 5.69 Å². The molecule has 0 saturated heterocycles. The summed E-state index contributed by atoms with van der Waals surface area (Å²) < 4.78 is 14.3. The van der Waals surface area contributed by atoms with Crippen molar-refractivity contribution in [1.29, 1.82) is 0 Å². The van der Waals surface area contributed by atoms with Crippen LogP contribution >= 0.6 is 11.6 Å². The number of amides is 2. The second-order valence-corrected chi connectivity index (χ2v) is 5.47. The van der Waals surface area contributed by atoms with Crippen molar-refractivity contribution in [2.45, 2.75) is 6.92 Å². The zero-order valence-corrected chi connectivity index (χ0v) is 13.7. The monoisotopic (exact) mass is 338 g/mol. The van der Waals surface area contributed by atoms with Crippen LogP contribution in [-0.4, -0.2) is 47.1 Å². The van der Waals surface area contributed by atoms with E-state index in [1.165, 1.54) is 33.8 Å². The Labute approximate surface area is 137 Å². The van der Waals surface area contributed by atoms with Gasteiger partial charge < -0.3 is 10.2 Å². The minimum Gasteiger partial charge on any atom is -0.347 e. The summed E-state index contributed by atoms with van der Waals surface area (Å²) in [5.74, 6) is -1.11. The van der Waals surface area contributed by atoms with Crippen LogP contribution in [0.2, 0.25) is 5.15 Å². The number of hydrogen-bond donors (Lipinski definition) is 1. The van der Waals surface area contributed by atoms with Gasteiger partial charge in [0.2, 0.25) is 5.91 Å². The Balaban J connectivity index is 2.25. The molecule has 1 heterocycles. The van der Waals surface area contributed by atoms with Gasteiger partial charge in [-0.25, -0.2) is 9.07 Å². The Morgan fingerprint density at radius 1 is 1.30 bits per heavy atom. The van der Waals surface area contributed by atoms with Gasteiger partial charge in [0.1, 0.15) is 11.0 Å². The molecule has 0 spiro atoms. The Hall–Kier alpha value is -2.41. The third kappa shape index (κ3) is 3.68. The first-order valence-corrected chi connectivity index (χ1v) is 7.18. The molecule has 0 atom stereocenters. The van der Waals surface area contributed by atoms with Crippen molar-refractivity contribution in [3.05, 3.63) is 46.5 Å². The van der Waals surface area contributed by atoms with E-state index in [9.17, 15) is 14.0 Å². The molecule has 122 valence electrons. The molecule has 0 aliphatic carbocycles. The topological polar surface area (TPSA) is 67.2 Å². The number of nitrogens with zero attached hydrogens (tertiary/aromatic N) is 3. The van der Waals surface area contributed by atoms with Crippen molar-refractivity contribution in [2.75, 3.05) is 20.6 Å². The second-order valence-electron chi connectivity index (χ2n) is 5.11. The van der Waals surface area contributed by atoms with Gasteiger partial charge in [-0.3, -0.25) is 9.59 Å². The molecule has 0 bridgehead atoms. The van der Waals surface area contributed by atoms with E-state index < -0.39 is 5.91 Å². The van der Waals surface area contributed by atoms with E-state index in [4.69, 9.17) is 11.6 Å². The lowest BCUT2D eigenvalue weighted by atomic mass is 10.2. The van der Waals surface area contributed by atoms with Crippen LogP contribution in [0.3, 0.4) is 0 Å². The minimum atomic E-state index is -0.490. The number of carbonyl (C=O) groups excluding carboxylic acids is 2. The first kappa shape index (κ1) is 17.0. The molecular formula is C15H16ClFN4O2. The van der Waals surface area contributed by atoms with Gasteiger partial charge in [-0.05, 0) is 31.2 Å². The number of carbonyl (C=O) groups is 2. The normalized spacial score (nSPS) is 10.5. The molecule has 2 rings (SSSR count). The quantitative estimate of drug-likeness (QED) is 0.924. The maximum atomic E-state index is 13.0. The van der Waals surface area contributed by atoms with Crippen LogP contribution in [0.4, 0.5) is 4.39 Å². The molecule has 0 saturated carbocycles. The van der Waals surface area contributed by atoms with E-state index in [0.717, 1.165) is 0 Å². The van der Waals surface area contributed by atoms with Gasteiger partial charge in [0.25, 0.3) is 5.91 Å². The van der Waals surface area contributed by atoms with Gasteiger partial charge in [0.15, 0.2) is 0 Å². The van der Waals surface area contributed by atoms with E-state index in [1.54, 1.807) is 21.0 Å². The van der Waals surface area contributed by atoms with Crippen molar-refractivity contribution >= 4 is 23.4 Å². The van der Waals surface area contributed by atoms with Crippen LogP contribution in [0.1, 0.15) is 16.1 Å². The van der Waals surface area contributed by atoms with Crippen LogP contribution in [0.5, 0.6) is 0 Å². The Bertz CT molecular complexity index is 741. The highest BCUT2D eigenvalue weighted by Gasteiger charge is 2.21. The summed E-state index contributed by atoms with van der Waals surface area (Å²) >= 11 is 6.23. The predicted molar refractivity (Wildman–Crippen MR) is 84.3 cm³/mol. The van der Waals surface area contributed by atoms with Crippen molar-refractivity contribution in [3.63, 3.8) is 0 Å². The molecular weight excluding hydrogens is 323 g/mol. The minimum absolute atomic E-state index is 0.101. The summed E-state index contributed by atoms with van der Waals surface area (Å²) in [6.07, 6.45) is 0. The van der Waals surface area contributed by atoms with E-state index in [1.807, 2.05) is 0 Å². The van der Waals surface area contributed by atoms with Gasteiger partial charge >= 0.3 is 0 Å². The molecule has 2 aromatic rings. The van der Waals surface area contributed by atoms with Gasteiger partial charge in [-0.1, -0.05) is 11.6 Å². The zero-order chi connectivity index (χ0) is 17.1. The highest BCUT2D eigenvalue weighted by atomic mass is 35.5. The number of hydrogen-bond acceptors (Lipinski definition) is 3. The SMILES string of the molecule is Cc1nn(-c2ccc(F)cc2)c(Cl)c1C(=O)NCC(=O)N(C)C. The number of aryl methyl sites for hydroxylation is 1. The summed E-state index contributed by atoms with van der Waals surface area (Å²) in [6.45, 7) is 1.50. The highest BCUT2D eigenvalue weighted by Crippen LogP contribution is 2.23. The lowest BCUT2D eigenvalue weighted by Crippen LogP contribution is -2.36. The molecule has 0 aliphatic heterocycles. The number of likely N-dealkylation sites (N-methyl/N-ethyl adjacent to an activating group) is 1. The fourth-order valence-electron chi connectivity index (χ4n) is 1.91. The molecule has 0 fully saturated rings. The van der Waals surface area contributed by atoms with Crippen LogP contribution < -0.4 is 5.32 Å². The fraction of sp³-hybridized carbons (Fsp3) is 0.267. The number of nitrogens with one attached hydrogen (secondary N) is 1. The largest absolute Gasteiger partial charge is 0.347 e. The third-order valence-electron chi connectivity index (χ3n) is 3.20. The van der Waals surface area contributed by atoms with Crippen LogP contribution in [0, 0.1) is 12.7 Å². The van der Waals surface area contributed by atoms with Gasteiger partial charge in [-0.2, -0.15) is 5.10 Å². The summed E-state index contributed by atoms with van der Waals surface area (Å²) in [7, 11) is 3.19. The van der Waals surface area contributed by atoms with E-state index in [-0.39, 0.29) is 29.0 Å². The maximum Gasteiger partial charge on any atom is 0.256 e. The van der Waals surface area contributed by atoms with Crippen LogP contribution in [-0.2, 0) is 4.79 Å². The standard InChI is InChI=1S/C15H16ClFN4O2/c1-9-13(15(23)18-8-12(22)20(2)3)14(16)21(19-9)11-6-4-10(17)5-7-11/h4-7H,8H2,1-3H3,(H,18,23). The number of rotatable bonds is 4. The Morgan fingerprint density at radius 3 is 2.48 bits per heavy atom. The molecule has 0 radical (unpaired) electrons. The molecule has 0 unspecified atom stereocenters. The maximum absolute atomic E-state index is 13.0. The Kier molecular flexibility index (Phi) is 5.00.